The van der Waals surface area contributed by atoms with Gasteiger partial charge in [-0.1, -0.05) is 0 Å². The Morgan fingerprint density at radius 3 is 2.38 bits per heavy atom. The van der Waals surface area contributed by atoms with E-state index in [4.69, 9.17) is 9.47 Å². The Hall–Kier alpha value is -1.10. The minimum absolute atomic E-state index is 0.0698. The van der Waals surface area contributed by atoms with E-state index in [9.17, 15) is 9.59 Å². The van der Waals surface area contributed by atoms with Crippen molar-refractivity contribution in [2.45, 2.75) is 18.9 Å². The fraction of sp³-hybridized carbons (Fsp3) is 0.818. The van der Waals surface area contributed by atoms with Crippen LogP contribution in [0.1, 0.15) is 12.8 Å². The molecule has 3 saturated heterocycles. The molecule has 1 unspecified atom stereocenters. The van der Waals surface area contributed by atoms with Crippen molar-refractivity contribution in [2.75, 3.05) is 27.3 Å². The molecular weight excluding hydrogens is 210 g/mol. The van der Waals surface area contributed by atoms with Crippen LogP contribution in [0.25, 0.3) is 0 Å². The first-order valence-electron chi connectivity index (χ1n) is 5.57. The number of methoxy groups -OCH3 is 2. The highest BCUT2D eigenvalue weighted by Gasteiger charge is 2.46. The van der Waals surface area contributed by atoms with E-state index in [1.165, 1.54) is 14.2 Å². The van der Waals surface area contributed by atoms with Gasteiger partial charge >= 0.3 is 11.9 Å². The summed E-state index contributed by atoms with van der Waals surface area (Å²) in [7, 11) is 2.82. The highest BCUT2D eigenvalue weighted by Crippen LogP contribution is 2.37. The fourth-order valence-corrected chi connectivity index (χ4v) is 2.83. The number of carbonyl (C=O) groups is 2. The third-order valence-corrected chi connectivity index (χ3v) is 3.73. The summed E-state index contributed by atoms with van der Waals surface area (Å²) in [6, 6.07) is -0.162. The molecule has 90 valence electrons. The van der Waals surface area contributed by atoms with Gasteiger partial charge in [0.25, 0.3) is 0 Å². The lowest BCUT2D eigenvalue weighted by molar-refractivity contribution is -0.163. The van der Waals surface area contributed by atoms with E-state index in [0.29, 0.717) is 13.0 Å². The molecule has 0 aromatic carbocycles. The number of piperidine rings is 3. The topological polar surface area (TPSA) is 55.8 Å². The number of carbonyl (C=O) groups excluding carboxylic acids is 2. The number of hydrogen-bond acceptors (Lipinski definition) is 5. The number of esters is 2. The Labute approximate surface area is 94.7 Å². The number of rotatable bonds is 2. The van der Waals surface area contributed by atoms with Crippen molar-refractivity contribution >= 4 is 11.9 Å². The van der Waals surface area contributed by atoms with Crippen LogP contribution in [0.3, 0.4) is 0 Å². The zero-order valence-corrected chi connectivity index (χ0v) is 9.64. The van der Waals surface area contributed by atoms with Crippen molar-refractivity contribution in [3.8, 4) is 0 Å². The van der Waals surface area contributed by atoms with Crippen LogP contribution in [0, 0.1) is 11.8 Å². The van der Waals surface area contributed by atoms with Crippen molar-refractivity contribution in [3.05, 3.63) is 0 Å². The summed E-state index contributed by atoms with van der Waals surface area (Å²) >= 11 is 0. The molecule has 3 aliphatic rings. The molecule has 2 bridgehead atoms. The molecule has 5 nitrogen and oxygen atoms in total. The van der Waals surface area contributed by atoms with Gasteiger partial charge in [0.2, 0.25) is 0 Å². The van der Waals surface area contributed by atoms with Crippen LogP contribution < -0.4 is 0 Å². The maximum absolute atomic E-state index is 11.5. The third-order valence-electron chi connectivity index (χ3n) is 3.73. The highest BCUT2D eigenvalue weighted by molar-refractivity contribution is 5.78. The van der Waals surface area contributed by atoms with Crippen LogP contribution in [0.2, 0.25) is 0 Å². The van der Waals surface area contributed by atoms with Crippen LogP contribution in [0.15, 0.2) is 0 Å². The summed E-state index contributed by atoms with van der Waals surface area (Å²) in [4.78, 5) is 25.1. The SMILES string of the molecule is COC(=O)[C@H]1CN2CC[C@H]1C[C@@H]2C(=O)OC. The third kappa shape index (κ3) is 1.80. The summed E-state index contributed by atoms with van der Waals surface area (Å²) < 4.78 is 9.55. The van der Waals surface area contributed by atoms with E-state index in [2.05, 4.69) is 0 Å². The van der Waals surface area contributed by atoms with E-state index in [1.807, 2.05) is 4.90 Å². The van der Waals surface area contributed by atoms with Crippen molar-refractivity contribution in [2.24, 2.45) is 11.8 Å². The summed E-state index contributed by atoms with van der Waals surface area (Å²) in [5.41, 5.74) is 0. The molecule has 3 fully saturated rings. The second kappa shape index (κ2) is 4.41. The molecule has 0 aromatic rings. The molecule has 0 radical (unpaired) electrons. The number of ether oxygens (including phenoxy) is 2. The highest BCUT2D eigenvalue weighted by atomic mass is 16.5. The summed E-state index contributed by atoms with van der Waals surface area (Å²) in [5.74, 6) is -0.146. The normalized spacial score (nSPS) is 36.9. The average molecular weight is 227 g/mol. The first kappa shape index (κ1) is 11.4. The predicted molar refractivity (Wildman–Crippen MR) is 55.6 cm³/mol. The molecule has 5 heteroatoms. The van der Waals surface area contributed by atoms with Gasteiger partial charge in [-0.05, 0) is 25.3 Å². The second-order valence-electron chi connectivity index (χ2n) is 4.45. The smallest absolute Gasteiger partial charge is 0.323 e. The molecule has 3 heterocycles. The number of nitrogens with zero attached hydrogens (tertiary/aromatic N) is 1. The standard InChI is InChI=1S/C11H17NO4/c1-15-10(13)8-6-12-4-3-7(8)5-9(12)11(14)16-2/h7-9H,3-6H2,1-2H3/t7-,8-,9+/m0/s1. The van der Waals surface area contributed by atoms with Gasteiger partial charge in [-0.2, -0.15) is 0 Å². The minimum Gasteiger partial charge on any atom is -0.469 e. The van der Waals surface area contributed by atoms with E-state index in [1.54, 1.807) is 0 Å². The van der Waals surface area contributed by atoms with Crippen LogP contribution in [0.5, 0.6) is 0 Å². The Bertz CT molecular complexity index is 274. The van der Waals surface area contributed by atoms with Crippen LogP contribution in [-0.2, 0) is 19.1 Å². The lowest BCUT2D eigenvalue weighted by atomic mass is 9.75. The van der Waals surface area contributed by atoms with E-state index < -0.39 is 0 Å². The van der Waals surface area contributed by atoms with Crippen LogP contribution in [0.4, 0.5) is 0 Å². The monoisotopic (exact) mass is 227 g/mol. The van der Waals surface area contributed by atoms with Crippen molar-refractivity contribution in [1.29, 1.82) is 0 Å². The molecule has 3 rings (SSSR count). The Morgan fingerprint density at radius 1 is 1.19 bits per heavy atom. The van der Waals surface area contributed by atoms with E-state index in [-0.39, 0.29) is 29.8 Å². The zero-order chi connectivity index (χ0) is 11.7. The molecule has 4 atom stereocenters. The largest absolute Gasteiger partial charge is 0.469 e. The van der Waals surface area contributed by atoms with Gasteiger partial charge < -0.3 is 9.47 Å². The lowest BCUT2D eigenvalue weighted by Gasteiger charge is -2.47. The Balaban J connectivity index is 2.06. The molecule has 3 aliphatic heterocycles. The summed E-state index contributed by atoms with van der Waals surface area (Å²) in [6.45, 7) is 1.50. The van der Waals surface area contributed by atoms with Crippen LogP contribution >= 0.6 is 0 Å². The lowest BCUT2D eigenvalue weighted by Crippen LogP contribution is -2.58. The molecule has 0 aliphatic carbocycles. The molecule has 0 amide bonds. The maximum Gasteiger partial charge on any atom is 0.323 e. The zero-order valence-electron chi connectivity index (χ0n) is 9.64. The predicted octanol–water partition coefficient (Wildman–Crippen LogP) is 0.0428. The van der Waals surface area contributed by atoms with Gasteiger partial charge in [-0.3, -0.25) is 14.5 Å². The Kier molecular flexibility index (Phi) is 3.14. The van der Waals surface area contributed by atoms with Gasteiger partial charge in [0, 0.05) is 6.54 Å². The minimum atomic E-state index is -0.187. The summed E-state index contributed by atoms with van der Waals surface area (Å²) in [6.07, 6.45) is 1.68. The molecule has 0 spiro atoms. The number of hydrogen-bond donors (Lipinski definition) is 0. The first-order chi connectivity index (χ1) is 7.67. The molecule has 0 aromatic heterocycles. The van der Waals surface area contributed by atoms with Gasteiger partial charge in [0.1, 0.15) is 6.04 Å². The van der Waals surface area contributed by atoms with Crippen molar-refractivity contribution in [3.63, 3.8) is 0 Å². The van der Waals surface area contributed by atoms with Gasteiger partial charge in [-0.15, -0.1) is 0 Å². The molecule has 16 heavy (non-hydrogen) atoms. The number of fused-ring (bicyclic) bond motifs is 3. The first-order valence-corrected chi connectivity index (χ1v) is 5.57. The van der Waals surface area contributed by atoms with Crippen molar-refractivity contribution in [1.82, 2.24) is 4.90 Å². The molecular formula is C11H17NO4. The fourth-order valence-electron chi connectivity index (χ4n) is 2.83. The average Bonchev–Trinajstić information content (AvgIpc) is 2.37. The van der Waals surface area contributed by atoms with Gasteiger partial charge in [0.05, 0.1) is 20.1 Å². The van der Waals surface area contributed by atoms with Gasteiger partial charge in [-0.25, -0.2) is 0 Å². The van der Waals surface area contributed by atoms with E-state index in [0.717, 1.165) is 13.0 Å². The van der Waals surface area contributed by atoms with Crippen molar-refractivity contribution < 1.29 is 19.1 Å². The Morgan fingerprint density at radius 2 is 1.88 bits per heavy atom. The van der Waals surface area contributed by atoms with E-state index >= 15 is 0 Å². The second-order valence-corrected chi connectivity index (χ2v) is 4.45. The quantitative estimate of drug-likeness (QED) is 0.624. The van der Waals surface area contributed by atoms with Crippen LogP contribution in [-0.4, -0.2) is 50.2 Å². The van der Waals surface area contributed by atoms with Gasteiger partial charge in [0.15, 0.2) is 0 Å². The maximum atomic E-state index is 11.5. The summed E-state index contributed by atoms with van der Waals surface area (Å²) in [5, 5.41) is 0. The molecule has 0 N–H and O–H groups in total. The molecule has 0 saturated carbocycles.